The van der Waals surface area contributed by atoms with Gasteiger partial charge < -0.3 is 5.32 Å². The van der Waals surface area contributed by atoms with Gasteiger partial charge in [0.15, 0.2) is 0 Å². The average molecular weight is 183 g/mol. The Hall–Kier alpha value is -0.300. The summed E-state index contributed by atoms with van der Waals surface area (Å²) in [5, 5.41) is 3.56. The van der Waals surface area contributed by atoms with Crippen LogP contribution in [0.4, 0.5) is 0 Å². The van der Waals surface area contributed by atoms with Gasteiger partial charge in [0, 0.05) is 12.1 Å². The van der Waals surface area contributed by atoms with Crippen molar-refractivity contribution in [2.75, 3.05) is 6.54 Å². The van der Waals surface area contributed by atoms with Gasteiger partial charge in [-0.1, -0.05) is 33.3 Å². The minimum absolute atomic E-state index is 0.282. The molecule has 1 nitrogen and oxygen atoms in total. The van der Waals surface area contributed by atoms with Crippen LogP contribution in [-0.4, -0.2) is 12.1 Å². The summed E-state index contributed by atoms with van der Waals surface area (Å²) in [6.07, 6.45) is 5.69. The lowest BCUT2D eigenvalue weighted by Crippen LogP contribution is -2.47. The van der Waals surface area contributed by atoms with Crippen LogP contribution in [0.1, 0.15) is 47.0 Å². The van der Waals surface area contributed by atoms with Crippen molar-refractivity contribution in [3.05, 3.63) is 12.7 Å². The second-order valence-electron chi connectivity index (χ2n) is 4.13. The van der Waals surface area contributed by atoms with Gasteiger partial charge in [-0.05, 0) is 25.7 Å². The summed E-state index contributed by atoms with van der Waals surface area (Å²) < 4.78 is 0. The summed E-state index contributed by atoms with van der Waals surface area (Å²) in [4.78, 5) is 0. The maximum Gasteiger partial charge on any atom is 0.0179 e. The lowest BCUT2D eigenvalue weighted by Gasteiger charge is -2.36. The van der Waals surface area contributed by atoms with E-state index in [0.717, 1.165) is 12.5 Å². The highest BCUT2D eigenvalue weighted by Crippen LogP contribution is 2.24. The van der Waals surface area contributed by atoms with Crippen LogP contribution < -0.4 is 5.32 Å². The van der Waals surface area contributed by atoms with Crippen LogP contribution in [0.3, 0.4) is 0 Å². The molecule has 0 aromatic carbocycles. The first-order chi connectivity index (χ1) is 6.10. The number of rotatable bonds is 7. The van der Waals surface area contributed by atoms with Gasteiger partial charge in [0.25, 0.3) is 0 Å². The minimum atomic E-state index is 0.282. The van der Waals surface area contributed by atoms with Gasteiger partial charge in [0.1, 0.15) is 0 Å². The second-order valence-corrected chi connectivity index (χ2v) is 4.13. The molecule has 1 heteroatoms. The average Bonchev–Trinajstić information content (AvgIpc) is 2.14. The Labute approximate surface area is 83.6 Å². The molecule has 0 amide bonds. The molecule has 0 unspecified atom stereocenters. The normalized spacial score (nSPS) is 17.8. The van der Waals surface area contributed by atoms with Crippen molar-refractivity contribution >= 4 is 0 Å². The Balaban J connectivity index is 4.14. The largest absolute Gasteiger partial charge is 0.308 e. The predicted octanol–water partition coefficient (Wildman–Crippen LogP) is 3.37. The van der Waals surface area contributed by atoms with E-state index in [9.17, 15) is 0 Å². The third kappa shape index (κ3) is 3.95. The quantitative estimate of drug-likeness (QED) is 0.597. The molecule has 0 aliphatic carbocycles. The monoisotopic (exact) mass is 183 g/mol. The standard InChI is InChI=1S/C12H25N/c1-6-9-11(4)12(5,8-3)13-10-7-2/h7,11,13H,2,6,8-10H2,1,3-5H3/t11-,12-/m1/s1. The first-order valence-corrected chi connectivity index (χ1v) is 5.46. The van der Waals surface area contributed by atoms with Crippen LogP contribution in [-0.2, 0) is 0 Å². The van der Waals surface area contributed by atoms with Gasteiger partial charge in [-0.15, -0.1) is 6.58 Å². The van der Waals surface area contributed by atoms with Crippen molar-refractivity contribution in [2.45, 2.75) is 52.5 Å². The summed E-state index contributed by atoms with van der Waals surface area (Å²) in [7, 11) is 0. The van der Waals surface area contributed by atoms with Crippen molar-refractivity contribution in [3.63, 3.8) is 0 Å². The Kier molecular flexibility index (Phi) is 6.06. The summed E-state index contributed by atoms with van der Waals surface area (Å²) in [5.74, 6) is 0.738. The van der Waals surface area contributed by atoms with Crippen molar-refractivity contribution in [1.82, 2.24) is 5.32 Å². The summed E-state index contributed by atoms with van der Waals surface area (Å²) in [6.45, 7) is 13.8. The van der Waals surface area contributed by atoms with Crippen molar-refractivity contribution < 1.29 is 0 Å². The zero-order valence-corrected chi connectivity index (χ0v) is 9.69. The van der Waals surface area contributed by atoms with E-state index in [0.29, 0.717) is 0 Å². The Morgan fingerprint density at radius 1 is 1.46 bits per heavy atom. The molecular weight excluding hydrogens is 158 g/mol. The van der Waals surface area contributed by atoms with Gasteiger partial charge in [-0.3, -0.25) is 0 Å². The first kappa shape index (κ1) is 12.7. The maximum atomic E-state index is 3.74. The van der Waals surface area contributed by atoms with Crippen LogP contribution >= 0.6 is 0 Å². The zero-order chi connectivity index (χ0) is 10.3. The highest BCUT2D eigenvalue weighted by Gasteiger charge is 2.27. The van der Waals surface area contributed by atoms with E-state index in [1.165, 1.54) is 19.3 Å². The predicted molar refractivity (Wildman–Crippen MR) is 61.0 cm³/mol. The summed E-state index contributed by atoms with van der Waals surface area (Å²) in [6, 6.07) is 0. The van der Waals surface area contributed by atoms with Crippen LogP contribution in [0.25, 0.3) is 0 Å². The summed E-state index contributed by atoms with van der Waals surface area (Å²) in [5.41, 5.74) is 0.282. The molecule has 0 radical (unpaired) electrons. The minimum Gasteiger partial charge on any atom is -0.308 e. The molecular formula is C12H25N. The van der Waals surface area contributed by atoms with E-state index < -0.39 is 0 Å². The molecule has 2 atom stereocenters. The Morgan fingerprint density at radius 2 is 2.08 bits per heavy atom. The van der Waals surface area contributed by atoms with E-state index >= 15 is 0 Å². The zero-order valence-electron chi connectivity index (χ0n) is 9.69. The Morgan fingerprint density at radius 3 is 2.46 bits per heavy atom. The van der Waals surface area contributed by atoms with Crippen LogP contribution in [0.2, 0.25) is 0 Å². The van der Waals surface area contributed by atoms with Gasteiger partial charge in [-0.2, -0.15) is 0 Å². The number of hydrogen-bond acceptors (Lipinski definition) is 1. The molecule has 13 heavy (non-hydrogen) atoms. The molecule has 0 rings (SSSR count). The number of nitrogens with one attached hydrogen (secondary N) is 1. The summed E-state index contributed by atoms with van der Waals surface area (Å²) >= 11 is 0. The second kappa shape index (κ2) is 6.20. The van der Waals surface area contributed by atoms with E-state index in [4.69, 9.17) is 0 Å². The maximum absolute atomic E-state index is 3.74. The third-order valence-corrected chi connectivity index (χ3v) is 3.19. The first-order valence-electron chi connectivity index (χ1n) is 5.46. The van der Waals surface area contributed by atoms with E-state index in [1.54, 1.807) is 0 Å². The SMILES string of the molecule is C=CCN[C@](C)(CC)[C@H](C)CCC. The Bertz CT molecular complexity index is 142. The fourth-order valence-electron chi connectivity index (χ4n) is 1.70. The van der Waals surface area contributed by atoms with Crippen molar-refractivity contribution in [3.8, 4) is 0 Å². The topological polar surface area (TPSA) is 12.0 Å². The van der Waals surface area contributed by atoms with Crippen molar-refractivity contribution in [1.29, 1.82) is 0 Å². The fourth-order valence-corrected chi connectivity index (χ4v) is 1.70. The molecule has 0 fully saturated rings. The molecule has 0 aromatic heterocycles. The molecule has 0 spiro atoms. The molecule has 0 saturated heterocycles. The van der Waals surface area contributed by atoms with Gasteiger partial charge in [0.2, 0.25) is 0 Å². The molecule has 0 heterocycles. The van der Waals surface area contributed by atoms with Gasteiger partial charge in [-0.25, -0.2) is 0 Å². The molecule has 0 saturated carbocycles. The smallest absolute Gasteiger partial charge is 0.0179 e. The van der Waals surface area contributed by atoms with Crippen LogP contribution in [0.15, 0.2) is 12.7 Å². The van der Waals surface area contributed by atoms with Crippen LogP contribution in [0.5, 0.6) is 0 Å². The highest BCUT2D eigenvalue weighted by molar-refractivity contribution is 4.89. The van der Waals surface area contributed by atoms with E-state index in [2.05, 4.69) is 39.6 Å². The van der Waals surface area contributed by atoms with Gasteiger partial charge >= 0.3 is 0 Å². The lowest BCUT2D eigenvalue weighted by atomic mass is 9.82. The molecule has 0 aromatic rings. The molecule has 1 N–H and O–H groups in total. The highest BCUT2D eigenvalue weighted by atomic mass is 15.0. The number of hydrogen-bond donors (Lipinski definition) is 1. The van der Waals surface area contributed by atoms with Crippen LogP contribution in [0, 0.1) is 5.92 Å². The third-order valence-electron chi connectivity index (χ3n) is 3.19. The van der Waals surface area contributed by atoms with E-state index in [1.807, 2.05) is 6.08 Å². The molecule has 78 valence electrons. The van der Waals surface area contributed by atoms with Crippen molar-refractivity contribution in [2.24, 2.45) is 5.92 Å². The fraction of sp³-hybridized carbons (Fsp3) is 0.833. The lowest BCUT2D eigenvalue weighted by molar-refractivity contribution is 0.231. The van der Waals surface area contributed by atoms with Gasteiger partial charge in [0.05, 0.1) is 0 Å². The molecule has 0 aliphatic heterocycles. The molecule has 0 bridgehead atoms. The van der Waals surface area contributed by atoms with E-state index in [-0.39, 0.29) is 5.54 Å². The molecule has 0 aliphatic rings.